The minimum absolute atomic E-state index is 0.0225. The maximum absolute atomic E-state index is 12.1. The summed E-state index contributed by atoms with van der Waals surface area (Å²) in [6.07, 6.45) is 7.28. The summed E-state index contributed by atoms with van der Waals surface area (Å²) in [5.41, 5.74) is 2.46. The smallest absolute Gasteiger partial charge is 0.257 e. The summed E-state index contributed by atoms with van der Waals surface area (Å²) in [5, 5.41) is 2.89. The quantitative estimate of drug-likeness (QED) is 0.677. The molecule has 3 rings (SSSR count). The van der Waals surface area contributed by atoms with Gasteiger partial charge in [-0.2, -0.15) is 0 Å². The van der Waals surface area contributed by atoms with Gasteiger partial charge in [0.25, 0.3) is 5.91 Å². The predicted octanol–water partition coefficient (Wildman–Crippen LogP) is 4.49. The zero-order chi connectivity index (χ0) is 20.5. The standard InChI is InChI=1S/C24H31NO4/c1-27-22-13-8-18(16-23(22)28-2)14-15-25-24(26)17-29-21-11-9-20(10-12-21)19-6-4-3-5-7-19/h8-13,16,19H,3-7,14-15,17H2,1-2H3,(H,25,26). The van der Waals surface area contributed by atoms with Gasteiger partial charge in [0.05, 0.1) is 14.2 Å². The number of nitrogens with one attached hydrogen (secondary N) is 1. The zero-order valence-corrected chi connectivity index (χ0v) is 17.4. The van der Waals surface area contributed by atoms with Gasteiger partial charge < -0.3 is 19.5 Å². The fourth-order valence-corrected chi connectivity index (χ4v) is 3.85. The normalized spacial score (nSPS) is 14.3. The van der Waals surface area contributed by atoms with E-state index in [1.54, 1.807) is 14.2 Å². The molecule has 2 aromatic carbocycles. The number of ether oxygens (including phenoxy) is 3. The summed E-state index contributed by atoms with van der Waals surface area (Å²) in [5.74, 6) is 2.68. The number of hydrogen-bond acceptors (Lipinski definition) is 4. The van der Waals surface area contributed by atoms with Crippen molar-refractivity contribution in [2.75, 3.05) is 27.4 Å². The highest BCUT2D eigenvalue weighted by Gasteiger charge is 2.15. The third-order valence-electron chi connectivity index (χ3n) is 5.51. The van der Waals surface area contributed by atoms with Crippen LogP contribution in [-0.2, 0) is 11.2 Å². The Morgan fingerprint density at radius 1 is 0.966 bits per heavy atom. The average molecular weight is 398 g/mol. The van der Waals surface area contributed by atoms with Crippen molar-refractivity contribution in [3.8, 4) is 17.2 Å². The number of rotatable bonds is 9. The van der Waals surface area contributed by atoms with E-state index < -0.39 is 0 Å². The first kappa shape index (κ1) is 21.0. The Morgan fingerprint density at radius 3 is 2.38 bits per heavy atom. The van der Waals surface area contributed by atoms with E-state index in [0.29, 0.717) is 30.4 Å². The van der Waals surface area contributed by atoms with Gasteiger partial charge >= 0.3 is 0 Å². The predicted molar refractivity (Wildman–Crippen MR) is 114 cm³/mol. The number of benzene rings is 2. The van der Waals surface area contributed by atoms with Crippen LogP contribution in [0.1, 0.15) is 49.1 Å². The largest absolute Gasteiger partial charge is 0.493 e. The Bertz CT molecular complexity index is 782. The third-order valence-corrected chi connectivity index (χ3v) is 5.51. The minimum Gasteiger partial charge on any atom is -0.493 e. The molecule has 0 saturated heterocycles. The molecule has 5 heteroatoms. The molecule has 29 heavy (non-hydrogen) atoms. The van der Waals surface area contributed by atoms with Gasteiger partial charge in [-0.1, -0.05) is 37.5 Å². The van der Waals surface area contributed by atoms with E-state index in [4.69, 9.17) is 14.2 Å². The number of amides is 1. The molecule has 1 saturated carbocycles. The summed E-state index contributed by atoms with van der Waals surface area (Å²) in [6.45, 7) is 0.563. The van der Waals surface area contributed by atoms with Crippen LogP contribution in [-0.4, -0.2) is 33.3 Å². The molecule has 1 fully saturated rings. The fraction of sp³-hybridized carbons (Fsp3) is 0.458. The van der Waals surface area contributed by atoms with E-state index in [1.807, 2.05) is 30.3 Å². The summed E-state index contributed by atoms with van der Waals surface area (Å²) in [7, 11) is 3.23. The number of carbonyl (C=O) groups is 1. The second kappa shape index (κ2) is 10.7. The molecular weight excluding hydrogens is 366 g/mol. The molecule has 0 spiro atoms. The van der Waals surface area contributed by atoms with Gasteiger partial charge in [0.2, 0.25) is 0 Å². The van der Waals surface area contributed by atoms with Crippen LogP contribution in [0, 0.1) is 0 Å². The van der Waals surface area contributed by atoms with Crippen LogP contribution in [0.25, 0.3) is 0 Å². The van der Waals surface area contributed by atoms with E-state index in [2.05, 4.69) is 17.4 Å². The van der Waals surface area contributed by atoms with Crippen molar-refractivity contribution < 1.29 is 19.0 Å². The van der Waals surface area contributed by atoms with E-state index in [-0.39, 0.29) is 12.5 Å². The van der Waals surface area contributed by atoms with Crippen molar-refractivity contribution >= 4 is 5.91 Å². The first-order valence-electron chi connectivity index (χ1n) is 10.4. The Kier molecular flexibility index (Phi) is 7.79. The molecule has 1 aliphatic rings. The maximum atomic E-state index is 12.1. The highest BCUT2D eigenvalue weighted by Crippen LogP contribution is 2.33. The van der Waals surface area contributed by atoms with E-state index >= 15 is 0 Å². The van der Waals surface area contributed by atoms with Crippen LogP contribution in [0.5, 0.6) is 17.2 Å². The summed E-state index contributed by atoms with van der Waals surface area (Å²) >= 11 is 0. The van der Waals surface area contributed by atoms with Gasteiger partial charge in [0.15, 0.2) is 18.1 Å². The molecule has 0 aliphatic heterocycles. The molecule has 1 amide bonds. The molecular formula is C24H31NO4. The lowest BCUT2D eigenvalue weighted by molar-refractivity contribution is -0.123. The molecule has 1 aliphatic carbocycles. The summed E-state index contributed by atoms with van der Waals surface area (Å²) in [4.78, 5) is 12.1. The van der Waals surface area contributed by atoms with Crippen LogP contribution in [0.4, 0.5) is 0 Å². The molecule has 0 radical (unpaired) electrons. The van der Waals surface area contributed by atoms with Crippen molar-refractivity contribution in [1.82, 2.24) is 5.32 Å². The molecule has 0 bridgehead atoms. The Balaban J connectivity index is 1.39. The van der Waals surface area contributed by atoms with Crippen LogP contribution in [0.2, 0.25) is 0 Å². The average Bonchev–Trinajstić information content (AvgIpc) is 2.78. The SMILES string of the molecule is COc1ccc(CCNC(=O)COc2ccc(C3CCCCC3)cc2)cc1OC. The molecule has 156 valence electrons. The van der Waals surface area contributed by atoms with Crippen molar-refractivity contribution in [3.05, 3.63) is 53.6 Å². The number of carbonyl (C=O) groups excluding carboxylic acids is 1. The Morgan fingerprint density at radius 2 is 1.69 bits per heavy atom. The summed E-state index contributed by atoms with van der Waals surface area (Å²) < 4.78 is 16.2. The van der Waals surface area contributed by atoms with Gasteiger partial charge in [-0.25, -0.2) is 0 Å². The Hall–Kier alpha value is -2.69. The van der Waals surface area contributed by atoms with Crippen molar-refractivity contribution in [2.45, 2.75) is 44.4 Å². The minimum atomic E-state index is -0.123. The van der Waals surface area contributed by atoms with Gasteiger partial charge in [-0.15, -0.1) is 0 Å². The highest BCUT2D eigenvalue weighted by atomic mass is 16.5. The van der Waals surface area contributed by atoms with Gasteiger partial charge in [-0.3, -0.25) is 4.79 Å². The van der Waals surface area contributed by atoms with Crippen LogP contribution in [0.15, 0.2) is 42.5 Å². The molecule has 0 atom stereocenters. The monoisotopic (exact) mass is 397 g/mol. The van der Waals surface area contributed by atoms with Crippen LogP contribution >= 0.6 is 0 Å². The molecule has 0 unspecified atom stereocenters. The topological polar surface area (TPSA) is 56.8 Å². The molecule has 0 heterocycles. The lowest BCUT2D eigenvalue weighted by Gasteiger charge is -2.22. The number of methoxy groups -OCH3 is 2. The van der Waals surface area contributed by atoms with Crippen molar-refractivity contribution in [2.24, 2.45) is 0 Å². The van der Waals surface area contributed by atoms with Gasteiger partial charge in [-0.05, 0) is 60.6 Å². The summed E-state index contributed by atoms with van der Waals surface area (Å²) in [6, 6.07) is 14.0. The zero-order valence-electron chi connectivity index (χ0n) is 17.4. The van der Waals surface area contributed by atoms with E-state index in [9.17, 15) is 4.79 Å². The number of hydrogen-bond donors (Lipinski definition) is 1. The molecule has 0 aromatic heterocycles. The maximum Gasteiger partial charge on any atom is 0.257 e. The molecule has 5 nitrogen and oxygen atoms in total. The van der Waals surface area contributed by atoms with E-state index in [0.717, 1.165) is 11.3 Å². The van der Waals surface area contributed by atoms with Crippen LogP contribution in [0.3, 0.4) is 0 Å². The lowest BCUT2D eigenvalue weighted by Crippen LogP contribution is -2.30. The molecule has 2 aromatic rings. The highest BCUT2D eigenvalue weighted by molar-refractivity contribution is 5.77. The molecule has 1 N–H and O–H groups in total. The second-order valence-electron chi connectivity index (χ2n) is 7.48. The van der Waals surface area contributed by atoms with Crippen LogP contribution < -0.4 is 19.5 Å². The van der Waals surface area contributed by atoms with Gasteiger partial charge in [0, 0.05) is 6.54 Å². The lowest BCUT2D eigenvalue weighted by atomic mass is 9.84. The first-order valence-corrected chi connectivity index (χ1v) is 10.4. The van der Waals surface area contributed by atoms with Gasteiger partial charge in [0.1, 0.15) is 5.75 Å². The third kappa shape index (κ3) is 6.14. The second-order valence-corrected chi connectivity index (χ2v) is 7.48. The first-order chi connectivity index (χ1) is 14.2. The fourth-order valence-electron chi connectivity index (χ4n) is 3.85. The van der Waals surface area contributed by atoms with Crippen molar-refractivity contribution in [1.29, 1.82) is 0 Å². The van der Waals surface area contributed by atoms with Crippen molar-refractivity contribution in [3.63, 3.8) is 0 Å². The van der Waals surface area contributed by atoms with E-state index in [1.165, 1.54) is 37.7 Å². The Labute approximate surface area is 173 Å².